The van der Waals surface area contributed by atoms with Crippen molar-refractivity contribution in [2.24, 2.45) is 0 Å². The number of rotatable bonds is 1. The summed E-state index contributed by atoms with van der Waals surface area (Å²) in [5, 5.41) is 22.1. The normalized spacial score (nSPS) is 12.2. The van der Waals surface area contributed by atoms with E-state index in [0.717, 1.165) is 16.4 Å². The highest BCUT2D eigenvalue weighted by atomic mass is 15.0. The quantitative estimate of drug-likeness (QED) is 0.224. The maximum Gasteiger partial charge on any atom is 0.101 e. The first-order chi connectivity index (χ1) is 18.0. The van der Waals surface area contributed by atoms with E-state index in [1.165, 1.54) is 27.6 Å². The average molecular weight is 482 g/mol. The van der Waals surface area contributed by atoms with Crippen molar-refractivity contribution in [3.05, 3.63) is 114 Å². The fourth-order valence-electron chi connectivity index (χ4n) is 5.54. The molecule has 0 fully saturated rings. The van der Waals surface area contributed by atoms with Crippen molar-refractivity contribution in [2.75, 3.05) is 0 Å². The zero-order valence-corrected chi connectivity index (χ0v) is 22.1. The van der Waals surface area contributed by atoms with Crippen molar-refractivity contribution < 1.29 is 0 Å². The lowest BCUT2D eigenvalue weighted by Crippen LogP contribution is -2.15. The zero-order chi connectivity index (χ0) is 26.7. The van der Waals surface area contributed by atoms with Crippen LogP contribution in [-0.4, -0.2) is 4.57 Å². The van der Waals surface area contributed by atoms with E-state index in [-0.39, 0.29) is 5.41 Å². The molecule has 3 nitrogen and oxygen atoms in total. The zero-order valence-electron chi connectivity index (χ0n) is 22.1. The number of benzene rings is 4. The lowest BCUT2D eigenvalue weighted by atomic mass is 9.80. The Hall–Kier alpha value is -4.60. The van der Waals surface area contributed by atoms with E-state index in [1.54, 1.807) is 24.3 Å². The van der Waals surface area contributed by atoms with Crippen molar-refractivity contribution in [3.8, 4) is 29.0 Å². The molecule has 0 bridgehead atoms. The molecular weight excluding hydrogens is 450 g/mol. The number of fused-ring (bicyclic) bond motifs is 7. The lowest BCUT2D eigenvalue weighted by Gasteiger charge is -2.22. The summed E-state index contributed by atoms with van der Waals surface area (Å²) in [4.78, 5) is 0. The van der Waals surface area contributed by atoms with Gasteiger partial charge in [-0.25, -0.2) is 0 Å². The van der Waals surface area contributed by atoms with E-state index < -0.39 is 0 Å². The maximum atomic E-state index is 9.86. The fraction of sp³-hybridized carbons (Fsp3) is 0.176. The van der Waals surface area contributed by atoms with Crippen molar-refractivity contribution in [1.82, 2.24) is 4.57 Å². The first kappa shape index (κ1) is 25.5. The molecule has 6 rings (SSSR count). The van der Waals surface area contributed by atoms with E-state index in [0.29, 0.717) is 16.8 Å². The minimum Gasteiger partial charge on any atom is -0.307 e. The summed E-state index contributed by atoms with van der Waals surface area (Å²) < 4.78 is 2.10. The van der Waals surface area contributed by atoms with E-state index in [2.05, 4.69) is 91.7 Å². The Morgan fingerprint density at radius 3 is 2.00 bits per heavy atom. The first-order valence-electron chi connectivity index (χ1n) is 12.7. The Morgan fingerprint density at radius 1 is 0.757 bits per heavy atom. The summed E-state index contributed by atoms with van der Waals surface area (Å²) in [7, 11) is 0. The third-order valence-electron chi connectivity index (χ3n) is 6.85. The van der Waals surface area contributed by atoms with Gasteiger partial charge in [-0.15, -0.1) is 6.58 Å². The van der Waals surface area contributed by atoms with Crippen LogP contribution < -0.4 is 0 Å². The molecule has 0 radical (unpaired) electrons. The second kappa shape index (κ2) is 10.2. The Kier molecular flexibility index (Phi) is 7.01. The third kappa shape index (κ3) is 3.81. The highest BCUT2D eigenvalue weighted by molar-refractivity contribution is 6.14. The molecule has 37 heavy (non-hydrogen) atoms. The Bertz CT molecular complexity index is 1690. The van der Waals surface area contributed by atoms with Gasteiger partial charge in [-0.3, -0.25) is 0 Å². The van der Waals surface area contributed by atoms with Gasteiger partial charge < -0.3 is 4.57 Å². The number of allylic oxidation sites excluding steroid dienone is 1. The van der Waals surface area contributed by atoms with Crippen LogP contribution in [0, 0.1) is 22.7 Å². The van der Waals surface area contributed by atoms with Crippen LogP contribution in [0.1, 0.15) is 56.9 Å². The Labute approximate surface area is 219 Å². The van der Waals surface area contributed by atoms with Crippen molar-refractivity contribution in [2.45, 2.75) is 40.0 Å². The summed E-state index contributed by atoms with van der Waals surface area (Å²) in [6.45, 7) is 13.8. The molecule has 0 saturated carbocycles. The van der Waals surface area contributed by atoms with E-state index in [9.17, 15) is 10.5 Å². The number of nitrogens with zero attached hydrogens (tertiary/aromatic N) is 3. The van der Waals surface area contributed by atoms with Crippen LogP contribution in [0.3, 0.4) is 0 Å². The Balaban J connectivity index is 0.000000599. The summed E-state index contributed by atoms with van der Waals surface area (Å²) >= 11 is 0. The van der Waals surface area contributed by atoms with Gasteiger partial charge in [-0.1, -0.05) is 88.4 Å². The van der Waals surface area contributed by atoms with Gasteiger partial charge in [0.2, 0.25) is 0 Å². The largest absolute Gasteiger partial charge is 0.307 e. The number of aromatic nitrogens is 1. The number of para-hydroxylation sites is 2. The molecule has 1 aliphatic carbocycles. The number of hydrogen-bond donors (Lipinski definition) is 0. The molecule has 0 N–H and O–H groups in total. The van der Waals surface area contributed by atoms with Crippen molar-refractivity contribution in [3.63, 3.8) is 0 Å². The molecule has 1 aromatic heterocycles. The topological polar surface area (TPSA) is 52.5 Å². The molecule has 3 heteroatoms. The molecule has 0 amide bonds. The fourth-order valence-corrected chi connectivity index (χ4v) is 5.54. The molecule has 1 heterocycles. The SMILES string of the molecule is C=CC.CC.CC1(C)c2ccccc2-c2ccc3c(c21)c1ccccc1n3-c1c(C#N)cccc1C#N. The van der Waals surface area contributed by atoms with Crippen LogP contribution in [-0.2, 0) is 5.41 Å². The summed E-state index contributed by atoms with van der Waals surface area (Å²) in [6.07, 6.45) is 1.75. The molecule has 5 aromatic rings. The molecule has 0 unspecified atom stereocenters. The van der Waals surface area contributed by atoms with Gasteiger partial charge in [0.1, 0.15) is 12.1 Å². The van der Waals surface area contributed by atoms with Gasteiger partial charge in [-0.2, -0.15) is 10.5 Å². The van der Waals surface area contributed by atoms with E-state index in [4.69, 9.17) is 0 Å². The summed E-state index contributed by atoms with van der Waals surface area (Å²) in [5.41, 5.74) is 8.67. The van der Waals surface area contributed by atoms with Crippen LogP contribution in [0.4, 0.5) is 0 Å². The van der Waals surface area contributed by atoms with Gasteiger partial charge in [-0.05, 0) is 53.4 Å². The van der Waals surface area contributed by atoms with Gasteiger partial charge in [0.05, 0.1) is 27.8 Å². The number of hydrogen-bond acceptors (Lipinski definition) is 2. The average Bonchev–Trinajstić information content (AvgIpc) is 3.38. The predicted octanol–water partition coefficient (Wildman–Crippen LogP) is 9.05. The lowest BCUT2D eigenvalue weighted by molar-refractivity contribution is 0.666. The monoisotopic (exact) mass is 481 g/mol. The van der Waals surface area contributed by atoms with Crippen molar-refractivity contribution in [1.29, 1.82) is 10.5 Å². The maximum absolute atomic E-state index is 9.86. The third-order valence-corrected chi connectivity index (χ3v) is 6.85. The molecule has 182 valence electrons. The van der Waals surface area contributed by atoms with E-state index in [1.807, 2.05) is 26.8 Å². The number of nitriles is 2. The molecule has 1 aliphatic rings. The smallest absolute Gasteiger partial charge is 0.101 e. The highest BCUT2D eigenvalue weighted by Gasteiger charge is 2.38. The highest BCUT2D eigenvalue weighted by Crippen LogP contribution is 2.53. The van der Waals surface area contributed by atoms with Gasteiger partial charge in [0.15, 0.2) is 0 Å². The van der Waals surface area contributed by atoms with Crippen LogP contribution in [0.15, 0.2) is 91.5 Å². The predicted molar refractivity (Wildman–Crippen MR) is 155 cm³/mol. The van der Waals surface area contributed by atoms with Crippen LogP contribution >= 0.6 is 0 Å². The van der Waals surface area contributed by atoms with E-state index >= 15 is 0 Å². The summed E-state index contributed by atoms with van der Waals surface area (Å²) in [6, 6.07) is 31.2. The van der Waals surface area contributed by atoms with Gasteiger partial charge >= 0.3 is 0 Å². The van der Waals surface area contributed by atoms with Crippen molar-refractivity contribution >= 4 is 21.8 Å². The molecule has 4 aromatic carbocycles. The standard InChI is InChI=1S/C29H19N3.C3H6.C2H6/c1-29(2)23-12-5-3-10-20(23)21-14-15-25-26(27(21)29)22-11-4-6-13-24(22)32(25)28-18(16-30)8-7-9-19(28)17-31;1-3-2;1-2/h3-15H,1-2H3;3H,1H2,2H3;1-2H3. The molecule has 0 atom stereocenters. The van der Waals surface area contributed by atoms with Crippen LogP contribution in [0.5, 0.6) is 0 Å². The van der Waals surface area contributed by atoms with Crippen LogP contribution in [0.2, 0.25) is 0 Å². The molecule has 0 saturated heterocycles. The molecule has 0 aliphatic heterocycles. The summed E-state index contributed by atoms with van der Waals surface area (Å²) in [5.74, 6) is 0. The second-order valence-corrected chi connectivity index (χ2v) is 9.24. The minimum atomic E-state index is -0.160. The Morgan fingerprint density at radius 2 is 1.35 bits per heavy atom. The minimum absolute atomic E-state index is 0.160. The first-order valence-corrected chi connectivity index (χ1v) is 12.7. The van der Waals surface area contributed by atoms with Crippen LogP contribution in [0.25, 0.3) is 38.6 Å². The molecular formula is C34H31N3. The van der Waals surface area contributed by atoms with Gasteiger partial charge in [0, 0.05) is 16.2 Å². The second-order valence-electron chi connectivity index (χ2n) is 9.24. The van der Waals surface area contributed by atoms with Gasteiger partial charge in [0.25, 0.3) is 0 Å². The molecule has 0 spiro atoms.